The van der Waals surface area contributed by atoms with E-state index < -0.39 is 0 Å². The molecule has 2 aliphatic rings. The number of benzene rings is 2. The van der Waals surface area contributed by atoms with Gasteiger partial charge >= 0.3 is 0 Å². The third kappa shape index (κ3) is 2.93. The van der Waals surface area contributed by atoms with Gasteiger partial charge in [-0.05, 0) is 53.6 Å². The quantitative estimate of drug-likeness (QED) is 0.483. The monoisotopic (exact) mass is 410 g/mol. The molecule has 0 N–H and O–H groups in total. The van der Waals surface area contributed by atoms with Crippen LogP contribution in [0.2, 0.25) is 0 Å². The largest absolute Gasteiger partial charge is 0.337 e. The molecular formula is C25H22N4O2. The third-order valence-corrected chi connectivity index (χ3v) is 6.68. The summed E-state index contributed by atoms with van der Waals surface area (Å²) in [6.07, 6.45) is 7.16. The number of rotatable bonds is 3. The fourth-order valence-electron chi connectivity index (χ4n) is 5.15. The second-order valence-electron chi connectivity index (χ2n) is 8.52. The van der Waals surface area contributed by atoms with Crippen LogP contribution in [0.5, 0.6) is 0 Å². The second kappa shape index (κ2) is 7.01. The summed E-state index contributed by atoms with van der Waals surface area (Å²) in [6.45, 7) is 1.08. The van der Waals surface area contributed by atoms with E-state index in [1.165, 1.54) is 16.5 Å². The molecule has 6 rings (SSSR count). The molecule has 1 unspecified atom stereocenters. The van der Waals surface area contributed by atoms with Crippen LogP contribution in [0.15, 0.2) is 54.9 Å². The molecule has 2 aromatic heterocycles. The molecule has 1 saturated heterocycles. The number of aromatic nitrogens is 3. The van der Waals surface area contributed by atoms with Crippen LogP contribution in [0.1, 0.15) is 44.8 Å². The van der Waals surface area contributed by atoms with Crippen molar-refractivity contribution in [2.24, 2.45) is 5.92 Å². The minimum absolute atomic E-state index is 0.136. The van der Waals surface area contributed by atoms with Crippen molar-refractivity contribution in [3.05, 3.63) is 77.2 Å². The molecule has 6 nitrogen and oxygen atoms in total. The van der Waals surface area contributed by atoms with Crippen molar-refractivity contribution < 1.29 is 9.59 Å². The highest BCUT2D eigenvalue weighted by atomic mass is 16.2. The Balaban J connectivity index is 1.28. The average Bonchev–Trinajstić information content (AvgIpc) is 3.44. The van der Waals surface area contributed by atoms with E-state index in [9.17, 15) is 9.59 Å². The van der Waals surface area contributed by atoms with Crippen molar-refractivity contribution in [2.75, 3.05) is 13.1 Å². The van der Waals surface area contributed by atoms with Gasteiger partial charge in [-0.2, -0.15) is 5.10 Å². The molecule has 2 aromatic carbocycles. The molecule has 0 bridgehead atoms. The number of hydrogen-bond donors (Lipinski definition) is 0. The summed E-state index contributed by atoms with van der Waals surface area (Å²) in [5.74, 6) is -0.181. The van der Waals surface area contributed by atoms with Gasteiger partial charge in [0.25, 0.3) is 5.91 Å². The predicted octanol–water partition coefficient (Wildman–Crippen LogP) is 3.72. The number of ketones is 1. The van der Waals surface area contributed by atoms with Gasteiger partial charge in [0.15, 0.2) is 17.1 Å². The number of carbonyl (C=O) groups is 2. The van der Waals surface area contributed by atoms with Gasteiger partial charge < -0.3 is 4.90 Å². The molecule has 0 saturated carbocycles. The number of carbonyl (C=O) groups excluding carboxylic acids is 2. The number of hydrogen-bond acceptors (Lipinski definition) is 4. The van der Waals surface area contributed by atoms with E-state index in [0.29, 0.717) is 24.4 Å². The first-order chi connectivity index (χ1) is 15.2. The van der Waals surface area contributed by atoms with Crippen molar-refractivity contribution in [2.45, 2.75) is 25.7 Å². The maximum Gasteiger partial charge on any atom is 0.274 e. The van der Waals surface area contributed by atoms with Crippen LogP contribution in [0.25, 0.3) is 16.4 Å². The van der Waals surface area contributed by atoms with Crippen LogP contribution in [0.3, 0.4) is 0 Å². The zero-order chi connectivity index (χ0) is 20.9. The zero-order valence-electron chi connectivity index (χ0n) is 17.1. The summed E-state index contributed by atoms with van der Waals surface area (Å²) >= 11 is 0. The SMILES string of the molecule is O=C(c1ccc2c3c(cccc13)CC2)C1CCCN(C(=O)c2cc3ncccn3n2)C1. The fraction of sp³-hybridized carbons (Fsp3) is 0.280. The van der Waals surface area contributed by atoms with Gasteiger partial charge in [0.1, 0.15) is 0 Å². The van der Waals surface area contributed by atoms with Gasteiger partial charge in [0, 0.05) is 43.0 Å². The highest BCUT2D eigenvalue weighted by Crippen LogP contribution is 2.34. The van der Waals surface area contributed by atoms with Crippen molar-refractivity contribution >= 4 is 28.1 Å². The summed E-state index contributed by atoms with van der Waals surface area (Å²) in [5, 5.41) is 6.68. The minimum atomic E-state index is -0.189. The Hall–Kier alpha value is -3.54. The van der Waals surface area contributed by atoms with Crippen LogP contribution in [0, 0.1) is 5.92 Å². The Morgan fingerprint density at radius 3 is 2.77 bits per heavy atom. The third-order valence-electron chi connectivity index (χ3n) is 6.68. The molecule has 6 heteroatoms. The Morgan fingerprint density at radius 1 is 1.03 bits per heavy atom. The van der Waals surface area contributed by atoms with E-state index in [0.717, 1.165) is 36.6 Å². The van der Waals surface area contributed by atoms with Gasteiger partial charge in [-0.1, -0.05) is 30.3 Å². The number of nitrogens with zero attached hydrogens (tertiary/aromatic N) is 4. The van der Waals surface area contributed by atoms with E-state index in [-0.39, 0.29) is 17.6 Å². The van der Waals surface area contributed by atoms with Crippen molar-refractivity contribution in [1.29, 1.82) is 0 Å². The molecule has 1 aliphatic carbocycles. The first-order valence-electron chi connectivity index (χ1n) is 10.9. The number of piperidine rings is 1. The Labute approximate surface area is 179 Å². The second-order valence-corrected chi connectivity index (χ2v) is 8.52. The number of Topliss-reactive ketones (excluding diaryl/α,β-unsaturated/α-hetero) is 1. The van der Waals surface area contributed by atoms with Gasteiger partial charge in [-0.15, -0.1) is 0 Å². The Kier molecular flexibility index (Phi) is 4.13. The van der Waals surface area contributed by atoms with Crippen LogP contribution in [0.4, 0.5) is 0 Å². The molecule has 1 atom stereocenters. The van der Waals surface area contributed by atoms with Crippen molar-refractivity contribution in [3.8, 4) is 0 Å². The molecule has 1 aliphatic heterocycles. The maximum absolute atomic E-state index is 13.5. The van der Waals surface area contributed by atoms with Crippen LogP contribution in [-0.4, -0.2) is 44.3 Å². The summed E-state index contributed by atoms with van der Waals surface area (Å²) in [7, 11) is 0. The number of aryl methyl sites for hydroxylation is 2. The van der Waals surface area contributed by atoms with Crippen LogP contribution in [-0.2, 0) is 12.8 Å². The zero-order valence-corrected chi connectivity index (χ0v) is 17.1. The highest BCUT2D eigenvalue weighted by Gasteiger charge is 2.31. The molecule has 0 radical (unpaired) electrons. The number of fused-ring (bicyclic) bond motifs is 1. The Bertz CT molecular complexity index is 1310. The van der Waals surface area contributed by atoms with Crippen LogP contribution >= 0.6 is 0 Å². The lowest BCUT2D eigenvalue weighted by atomic mass is 9.87. The lowest BCUT2D eigenvalue weighted by molar-refractivity contribution is 0.0632. The number of amides is 1. The van der Waals surface area contributed by atoms with Gasteiger partial charge in [-0.3, -0.25) is 9.59 Å². The topological polar surface area (TPSA) is 67.6 Å². The molecular weight excluding hydrogens is 388 g/mol. The average molecular weight is 410 g/mol. The molecule has 3 heterocycles. The van der Waals surface area contributed by atoms with Crippen molar-refractivity contribution in [1.82, 2.24) is 19.5 Å². The van der Waals surface area contributed by atoms with E-state index in [1.54, 1.807) is 33.9 Å². The Morgan fingerprint density at radius 2 is 1.90 bits per heavy atom. The summed E-state index contributed by atoms with van der Waals surface area (Å²) in [6, 6.07) is 13.9. The van der Waals surface area contributed by atoms with Gasteiger partial charge in [0.05, 0.1) is 0 Å². The van der Waals surface area contributed by atoms with Crippen molar-refractivity contribution in [3.63, 3.8) is 0 Å². The van der Waals surface area contributed by atoms with Gasteiger partial charge in [-0.25, -0.2) is 9.50 Å². The van der Waals surface area contributed by atoms with Crippen LogP contribution < -0.4 is 0 Å². The van der Waals surface area contributed by atoms with Gasteiger partial charge in [0.2, 0.25) is 0 Å². The van der Waals surface area contributed by atoms with E-state index in [4.69, 9.17) is 0 Å². The summed E-state index contributed by atoms with van der Waals surface area (Å²) in [4.78, 5) is 32.6. The summed E-state index contributed by atoms with van der Waals surface area (Å²) in [5.41, 5.74) is 4.48. The standard InChI is InChI=1S/C25H22N4O2/c30-24(20-10-9-17-8-7-16-4-1-6-19(20)23(16)17)18-5-2-12-28(15-18)25(31)21-14-22-26-11-3-13-29(22)27-21/h1,3-4,6,9-11,13-14,18H,2,5,7-8,12,15H2. The molecule has 154 valence electrons. The molecule has 1 fully saturated rings. The maximum atomic E-state index is 13.5. The lowest BCUT2D eigenvalue weighted by Crippen LogP contribution is -2.42. The highest BCUT2D eigenvalue weighted by molar-refractivity contribution is 6.11. The molecule has 4 aromatic rings. The smallest absolute Gasteiger partial charge is 0.274 e. The fourth-order valence-corrected chi connectivity index (χ4v) is 5.15. The first kappa shape index (κ1) is 18.2. The minimum Gasteiger partial charge on any atom is -0.337 e. The van der Waals surface area contributed by atoms with E-state index in [2.05, 4.69) is 34.3 Å². The van der Waals surface area contributed by atoms with E-state index in [1.807, 2.05) is 6.07 Å². The normalized spacial score (nSPS) is 18.1. The first-order valence-corrected chi connectivity index (χ1v) is 10.9. The summed E-state index contributed by atoms with van der Waals surface area (Å²) < 4.78 is 1.60. The number of likely N-dealkylation sites (tertiary alicyclic amines) is 1. The molecule has 0 spiro atoms. The molecule has 31 heavy (non-hydrogen) atoms. The predicted molar refractivity (Wildman–Crippen MR) is 117 cm³/mol. The molecule has 1 amide bonds. The lowest BCUT2D eigenvalue weighted by Gasteiger charge is -2.31. The van der Waals surface area contributed by atoms with E-state index >= 15 is 0 Å².